The molecule has 0 amide bonds. The lowest BCUT2D eigenvalue weighted by molar-refractivity contribution is -0.135. The first kappa shape index (κ1) is 35.2. The first-order valence-electron chi connectivity index (χ1n) is 9.88. The van der Waals surface area contributed by atoms with Gasteiger partial charge in [-0.15, -0.1) is 32.1 Å². The van der Waals surface area contributed by atoms with E-state index >= 15 is 0 Å². The van der Waals surface area contributed by atoms with Crippen molar-refractivity contribution in [1.29, 1.82) is 0 Å². The Balaban J connectivity index is -0.000000164. The van der Waals surface area contributed by atoms with Crippen molar-refractivity contribution in [2.24, 2.45) is 11.5 Å². The molecule has 0 rings (SSSR count). The molecule has 174 valence electrons. The monoisotopic (exact) mass is 436 g/mol. The van der Waals surface area contributed by atoms with Gasteiger partial charge in [0.25, 0.3) is 0 Å². The zero-order valence-corrected chi connectivity index (χ0v) is 18.8. The minimum Gasteiger partial charge on any atom is -0.480 e. The number of carboxylic acids is 1. The van der Waals surface area contributed by atoms with Crippen LogP contribution in [-0.2, 0) is 4.79 Å². The Bertz CT molecular complexity index is 331. The third-order valence-electron chi connectivity index (χ3n) is 2.96. The van der Waals surface area contributed by atoms with Crippen molar-refractivity contribution in [1.82, 2.24) is 21.3 Å². The number of nitrogens with two attached hydrogens (primary N) is 2. The SMILES string of the molecule is C=CCNCCCN.C=CCNCCCN.C=CCNCCCNCC(=O)O.Cl. The van der Waals surface area contributed by atoms with Gasteiger partial charge in [0.05, 0.1) is 6.54 Å². The van der Waals surface area contributed by atoms with Crippen LogP contribution in [0.5, 0.6) is 0 Å². The molecule has 0 heterocycles. The Morgan fingerprint density at radius 2 is 1.07 bits per heavy atom. The summed E-state index contributed by atoms with van der Waals surface area (Å²) in [6.07, 6.45) is 8.51. The van der Waals surface area contributed by atoms with Crippen LogP contribution in [0.25, 0.3) is 0 Å². The van der Waals surface area contributed by atoms with E-state index in [1.807, 2.05) is 12.2 Å². The predicted molar refractivity (Wildman–Crippen MR) is 129 cm³/mol. The average molecular weight is 437 g/mol. The summed E-state index contributed by atoms with van der Waals surface area (Å²) < 4.78 is 0. The van der Waals surface area contributed by atoms with Crippen LogP contribution < -0.4 is 32.7 Å². The molecule has 0 bridgehead atoms. The van der Waals surface area contributed by atoms with Crippen LogP contribution in [0.2, 0.25) is 0 Å². The van der Waals surface area contributed by atoms with E-state index < -0.39 is 5.97 Å². The van der Waals surface area contributed by atoms with Crippen LogP contribution in [0.1, 0.15) is 19.3 Å². The van der Waals surface area contributed by atoms with E-state index in [2.05, 4.69) is 41.0 Å². The second kappa shape index (κ2) is 37.5. The molecule has 0 aromatic carbocycles. The summed E-state index contributed by atoms with van der Waals surface area (Å²) in [5, 5.41) is 20.5. The molecule has 0 aliphatic carbocycles. The molecule has 0 spiro atoms. The van der Waals surface area contributed by atoms with E-state index in [-0.39, 0.29) is 19.0 Å². The van der Waals surface area contributed by atoms with E-state index in [4.69, 9.17) is 16.6 Å². The maximum absolute atomic E-state index is 10.0. The summed E-state index contributed by atoms with van der Waals surface area (Å²) in [6.45, 7) is 18.5. The van der Waals surface area contributed by atoms with Gasteiger partial charge >= 0.3 is 5.97 Å². The van der Waals surface area contributed by atoms with Crippen LogP contribution >= 0.6 is 12.4 Å². The molecule has 0 unspecified atom stereocenters. The Morgan fingerprint density at radius 3 is 1.38 bits per heavy atom. The molecular weight excluding hydrogens is 392 g/mol. The second-order valence-corrected chi connectivity index (χ2v) is 5.69. The van der Waals surface area contributed by atoms with Crippen molar-refractivity contribution in [3.05, 3.63) is 38.0 Å². The average Bonchev–Trinajstić information content (AvgIpc) is 2.69. The van der Waals surface area contributed by atoms with Gasteiger partial charge in [-0.25, -0.2) is 0 Å². The molecule has 0 aliphatic heterocycles. The highest BCUT2D eigenvalue weighted by atomic mass is 35.5. The third kappa shape index (κ3) is 52.0. The normalized spacial score (nSPS) is 9.03. The minimum atomic E-state index is -0.811. The highest BCUT2D eigenvalue weighted by Gasteiger charge is 1.93. The number of hydrogen-bond donors (Lipinski definition) is 7. The van der Waals surface area contributed by atoms with Gasteiger partial charge in [-0.1, -0.05) is 18.2 Å². The van der Waals surface area contributed by atoms with Crippen molar-refractivity contribution in [3.8, 4) is 0 Å². The van der Waals surface area contributed by atoms with Gasteiger partial charge in [-0.3, -0.25) is 4.79 Å². The molecule has 9 N–H and O–H groups in total. The van der Waals surface area contributed by atoms with Crippen molar-refractivity contribution in [2.45, 2.75) is 19.3 Å². The zero-order chi connectivity index (χ0) is 21.7. The Hall–Kier alpha value is -1.26. The lowest BCUT2D eigenvalue weighted by Crippen LogP contribution is -2.26. The summed E-state index contributed by atoms with van der Waals surface area (Å²) in [6, 6.07) is 0. The lowest BCUT2D eigenvalue weighted by atomic mass is 10.4. The molecular formula is C20H45ClN6O2. The number of nitrogens with one attached hydrogen (secondary N) is 4. The first-order chi connectivity index (χ1) is 13.6. The zero-order valence-electron chi connectivity index (χ0n) is 18.0. The van der Waals surface area contributed by atoms with Gasteiger partial charge in [0.2, 0.25) is 0 Å². The number of halogens is 1. The molecule has 9 heteroatoms. The number of rotatable bonds is 18. The summed E-state index contributed by atoms with van der Waals surface area (Å²) in [7, 11) is 0. The van der Waals surface area contributed by atoms with Crippen LogP contribution in [-0.4, -0.2) is 76.5 Å². The van der Waals surface area contributed by atoms with Crippen LogP contribution in [0.15, 0.2) is 38.0 Å². The van der Waals surface area contributed by atoms with E-state index in [1.165, 1.54) is 0 Å². The molecule has 0 saturated carbocycles. The first-order valence-corrected chi connectivity index (χ1v) is 9.88. The summed E-state index contributed by atoms with van der Waals surface area (Å²) in [5.41, 5.74) is 10.5. The van der Waals surface area contributed by atoms with Crippen molar-refractivity contribution in [3.63, 3.8) is 0 Å². The standard InChI is InChI=1S/C8H16N2O2.2C6H14N2.ClH/c1-2-4-9-5-3-6-10-7-8(11)12;2*1-2-5-8-6-3-4-7;/h2,9-10H,1,3-7H2,(H,11,12);2*2,8H,1,3-7H2;1H. The number of aliphatic carboxylic acids is 1. The van der Waals surface area contributed by atoms with Crippen LogP contribution in [0.3, 0.4) is 0 Å². The Kier molecular flexibility index (Phi) is 45.5. The maximum Gasteiger partial charge on any atom is 0.317 e. The summed E-state index contributed by atoms with van der Waals surface area (Å²) in [5.74, 6) is -0.811. The fourth-order valence-electron chi connectivity index (χ4n) is 1.60. The Morgan fingerprint density at radius 1 is 0.724 bits per heavy atom. The third-order valence-corrected chi connectivity index (χ3v) is 2.96. The highest BCUT2D eigenvalue weighted by molar-refractivity contribution is 5.85. The van der Waals surface area contributed by atoms with Gasteiger partial charge in [0.15, 0.2) is 0 Å². The molecule has 0 aromatic rings. The van der Waals surface area contributed by atoms with Gasteiger partial charge in [0.1, 0.15) is 0 Å². The van der Waals surface area contributed by atoms with E-state index in [1.54, 1.807) is 6.08 Å². The molecule has 0 saturated heterocycles. The van der Waals surface area contributed by atoms with Crippen LogP contribution in [0, 0.1) is 0 Å². The van der Waals surface area contributed by atoms with E-state index in [0.29, 0.717) is 0 Å². The van der Waals surface area contributed by atoms with Gasteiger partial charge in [-0.05, 0) is 58.5 Å². The quantitative estimate of drug-likeness (QED) is 0.122. The Labute approximate surface area is 184 Å². The fraction of sp³-hybridized carbons (Fsp3) is 0.650. The molecule has 29 heavy (non-hydrogen) atoms. The lowest BCUT2D eigenvalue weighted by Gasteiger charge is -2.01. The molecule has 0 fully saturated rings. The molecule has 0 atom stereocenters. The second-order valence-electron chi connectivity index (χ2n) is 5.69. The van der Waals surface area contributed by atoms with E-state index in [0.717, 1.165) is 78.2 Å². The van der Waals surface area contributed by atoms with Crippen LogP contribution in [0.4, 0.5) is 0 Å². The molecule has 0 aliphatic rings. The largest absolute Gasteiger partial charge is 0.480 e. The van der Waals surface area contributed by atoms with Crippen molar-refractivity contribution < 1.29 is 9.90 Å². The predicted octanol–water partition coefficient (Wildman–Crippen LogP) is 0.470. The number of carbonyl (C=O) groups is 1. The smallest absolute Gasteiger partial charge is 0.317 e. The summed E-state index contributed by atoms with van der Waals surface area (Å²) >= 11 is 0. The summed E-state index contributed by atoms with van der Waals surface area (Å²) in [4.78, 5) is 10.0. The van der Waals surface area contributed by atoms with Crippen molar-refractivity contribution >= 4 is 18.4 Å². The van der Waals surface area contributed by atoms with Crippen molar-refractivity contribution in [2.75, 3.05) is 65.4 Å². The topological polar surface area (TPSA) is 137 Å². The molecule has 0 radical (unpaired) electrons. The van der Waals surface area contributed by atoms with Gasteiger partial charge < -0.3 is 37.8 Å². The van der Waals surface area contributed by atoms with E-state index in [9.17, 15) is 4.79 Å². The van der Waals surface area contributed by atoms with Gasteiger partial charge in [0, 0.05) is 19.6 Å². The number of carboxylic acid groups (broad SMARTS) is 1. The van der Waals surface area contributed by atoms with Gasteiger partial charge in [-0.2, -0.15) is 0 Å². The fourth-order valence-corrected chi connectivity index (χ4v) is 1.60. The minimum absolute atomic E-state index is 0. The maximum atomic E-state index is 10.0. The highest BCUT2D eigenvalue weighted by Crippen LogP contribution is 1.73. The molecule has 0 aromatic heterocycles. The number of hydrogen-bond acceptors (Lipinski definition) is 7. The molecule has 8 nitrogen and oxygen atoms in total.